The smallest absolute Gasteiger partial charge is 0.267 e. The minimum Gasteiger partial charge on any atom is -0.306 e. The molecule has 1 aliphatic rings. The number of carbonyl (C=O) groups is 1. The molecule has 26 heavy (non-hydrogen) atoms. The molecule has 0 unspecified atom stereocenters. The van der Waals surface area contributed by atoms with Crippen molar-refractivity contribution in [2.45, 2.75) is 46.1 Å². The monoisotopic (exact) mass is 368 g/mol. The molecule has 0 bridgehead atoms. The van der Waals surface area contributed by atoms with Gasteiger partial charge in [-0.05, 0) is 43.9 Å². The topological polar surface area (TPSA) is 76.9 Å². The molecule has 0 aliphatic carbocycles. The fraction of sp³-hybridized carbons (Fsp3) is 0.368. The fourth-order valence-corrected chi connectivity index (χ4v) is 4.49. The van der Waals surface area contributed by atoms with E-state index in [4.69, 9.17) is 4.98 Å². The lowest BCUT2D eigenvalue weighted by molar-refractivity contribution is 0.102. The first-order chi connectivity index (χ1) is 12.6. The molecule has 3 aromatic rings. The van der Waals surface area contributed by atoms with Crippen molar-refractivity contribution in [2.24, 2.45) is 0 Å². The van der Waals surface area contributed by atoms with Crippen molar-refractivity contribution in [1.82, 2.24) is 14.5 Å². The van der Waals surface area contributed by atoms with Gasteiger partial charge in [-0.15, -0.1) is 11.3 Å². The molecule has 0 saturated carbocycles. The van der Waals surface area contributed by atoms with E-state index >= 15 is 0 Å². The van der Waals surface area contributed by atoms with Crippen LogP contribution in [-0.2, 0) is 13.0 Å². The summed E-state index contributed by atoms with van der Waals surface area (Å²) in [6.45, 7) is 4.43. The molecular weight excluding hydrogens is 348 g/mol. The Bertz CT molecular complexity index is 1070. The highest BCUT2D eigenvalue weighted by Crippen LogP contribution is 2.29. The van der Waals surface area contributed by atoms with Crippen LogP contribution >= 0.6 is 11.3 Å². The highest BCUT2D eigenvalue weighted by Gasteiger charge is 2.22. The van der Waals surface area contributed by atoms with Gasteiger partial charge in [0.2, 0.25) is 0 Å². The average Bonchev–Trinajstić information content (AvgIpc) is 2.80. The molecule has 0 fully saturated rings. The van der Waals surface area contributed by atoms with Gasteiger partial charge in [-0.3, -0.25) is 14.2 Å². The normalized spacial score (nSPS) is 14.1. The van der Waals surface area contributed by atoms with Crippen molar-refractivity contribution in [3.8, 4) is 0 Å². The number of amides is 1. The van der Waals surface area contributed by atoms with Crippen molar-refractivity contribution in [3.63, 3.8) is 0 Å². The van der Waals surface area contributed by atoms with E-state index in [2.05, 4.69) is 10.3 Å². The van der Waals surface area contributed by atoms with E-state index in [0.717, 1.165) is 37.1 Å². The van der Waals surface area contributed by atoms with Crippen LogP contribution in [0.25, 0.3) is 10.2 Å². The second-order valence-electron chi connectivity index (χ2n) is 6.65. The van der Waals surface area contributed by atoms with E-state index in [1.165, 1.54) is 11.3 Å². The number of carbonyl (C=O) groups excluding carboxylic acids is 1. The van der Waals surface area contributed by atoms with Crippen molar-refractivity contribution in [3.05, 3.63) is 50.5 Å². The van der Waals surface area contributed by atoms with Crippen molar-refractivity contribution >= 4 is 33.3 Å². The Kier molecular flexibility index (Phi) is 4.32. The number of pyridine rings is 1. The van der Waals surface area contributed by atoms with Crippen LogP contribution in [0.4, 0.5) is 5.82 Å². The van der Waals surface area contributed by atoms with Gasteiger partial charge in [-0.2, -0.15) is 0 Å². The maximum atomic E-state index is 13.0. The van der Waals surface area contributed by atoms with E-state index in [1.54, 1.807) is 10.8 Å². The third-order valence-electron chi connectivity index (χ3n) is 4.86. The third-order valence-corrected chi connectivity index (χ3v) is 6.04. The Morgan fingerprint density at radius 2 is 2.12 bits per heavy atom. The summed E-state index contributed by atoms with van der Waals surface area (Å²) in [4.78, 5) is 35.8. The quantitative estimate of drug-likeness (QED) is 0.752. The second kappa shape index (κ2) is 6.64. The number of hydrogen-bond acceptors (Lipinski definition) is 5. The number of thiophene rings is 1. The van der Waals surface area contributed by atoms with Crippen LogP contribution in [-0.4, -0.2) is 20.4 Å². The summed E-state index contributed by atoms with van der Waals surface area (Å²) in [6, 6.07) is 3.72. The van der Waals surface area contributed by atoms with Crippen LogP contribution in [0.3, 0.4) is 0 Å². The van der Waals surface area contributed by atoms with Crippen LogP contribution < -0.4 is 10.9 Å². The minimum atomic E-state index is -0.244. The lowest BCUT2D eigenvalue weighted by Crippen LogP contribution is -2.24. The highest BCUT2D eigenvalue weighted by molar-refractivity contribution is 7.20. The van der Waals surface area contributed by atoms with Gasteiger partial charge in [0.05, 0.1) is 10.3 Å². The lowest BCUT2D eigenvalue weighted by Gasteiger charge is -2.08. The zero-order valence-electron chi connectivity index (χ0n) is 14.8. The number of fused-ring (bicyclic) bond motifs is 2. The maximum absolute atomic E-state index is 13.0. The van der Waals surface area contributed by atoms with Gasteiger partial charge in [-0.1, -0.05) is 12.5 Å². The molecule has 134 valence electrons. The van der Waals surface area contributed by atoms with Gasteiger partial charge in [0, 0.05) is 19.2 Å². The SMILES string of the molecule is Cc1cccnc1NC(=O)c1sc2nc3n(c(=O)c2c1C)CCCCC3. The van der Waals surface area contributed by atoms with E-state index in [-0.39, 0.29) is 11.5 Å². The van der Waals surface area contributed by atoms with Crippen molar-refractivity contribution < 1.29 is 4.79 Å². The van der Waals surface area contributed by atoms with E-state index in [9.17, 15) is 9.59 Å². The number of nitrogens with zero attached hydrogens (tertiary/aromatic N) is 3. The van der Waals surface area contributed by atoms with E-state index in [0.29, 0.717) is 33.0 Å². The predicted molar refractivity (Wildman–Crippen MR) is 103 cm³/mol. The standard InChI is InChI=1S/C19H20N4O2S/c1-11-7-6-9-20-16(11)22-17(24)15-12(2)14-18(26-15)21-13-8-4-3-5-10-23(13)19(14)25/h6-7,9H,3-5,8,10H2,1-2H3,(H,20,22,24). The Balaban J connectivity index is 1.78. The number of nitrogens with one attached hydrogen (secondary N) is 1. The number of rotatable bonds is 2. The molecule has 1 N–H and O–H groups in total. The third kappa shape index (κ3) is 2.82. The van der Waals surface area contributed by atoms with Crippen LogP contribution in [0.2, 0.25) is 0 Å². The largest absolute Gasteiger partial charge is 0.306 e. The number of aromatic nitrogens is 3. The first kappa shape index (κ1) is 16.9. The minimum absolute atomic E-state index is 0.0197. The summed E-state index contributed by atoms with van der Waals surface area (Å²) in [6.07, 6.45) is 5.62. The second-order valence-corrected chi connectivity index (χ2v) is 7.65. The Hall–Kier alpha value is -2.54. The molecule has 7 heteroatoms. The Morgan fingerprint density at radius 3 is 2.92 bits per heavy atom. The number of anilines is 1. The van der Waals surface area contributed by atoms with Crippen molar-refractivity contribution in [2.75, 3.05) is 5.32 Å². The van der Waals surface area contributed by atoms with Crippen LogP contribution in [0.15, 0.2) is 23.1 Å². The van der Waals surface area contributed by atoms with Crippen LogP contribution in [0.5, 0.6) is 0 Å². The van der Waals surface area contributed by atoms with Gasteiger partial charge in [0.1, 0.15) is 16.5 Å². The van der Waals surface area contributed by atoms with E-state index in [1.807, 2.05) is 26.0 Å². The molecule has 4 heterocycles. The van der Waals surface area contributed by atoms with Gasteiger partial charge in [0.15, 0.2) is 0 Å². The highest BCUT2D eigenvalue weighted by atomic mass is 32.1. The molecule has 4 rings (SSSR count). The van der Waals surface area contributed by atoms with Crippen LogP contribution in [0, 0.1) is 13.8 Å². The average molecular weight is 368 g/mol. The zero-order chi connectivity index (χ0) is 18.3. The predicted octanol–water partition coefficient (Wildman–Crippen LogP) is 3.45. The summed E-state index contributed by atoms with van der Waals surface area (Å²) in [5, 5.41) is 3.42. The van der Waals surface area contributed by atoms with Crippen LogP contribution in [0.1, 0.15) is 45.9 Å². The molecule has 1 aliphatic heterocycles. The van der Waals surface area contributed by atoms with Gasteiger partial charge in [0.25, 0.3) is 11.5 Å². The van der Waals surface area contributed by atoms with Crippen molar-refractivity contribution in [1.29, 1.82) is 0 Å². The first-order valence-corrected chi connectivity index (χ1v) is 9.63. The van der Waals surface area contributed by atoms with Gasteiger partial charge >= 0.3 is 0 Å². The van der Waals surface area contributed by atoms with E-state index < -0.39 is 0 Å². The molecule has 3 aromatic heterocycles. The number of hydrogen-bond donors (Lipinski definition) is 1. The summed E-state index contributed by atoms with van der Waals surface area (Å²) in [5.41, 5.74) is 1.58. The molecule has 1 amide bonds. The fourth-order valence-electron chi connectivity index (χ4n) is 3.41. The summed E-state index contributed by atoms with van der Waals surface area (Å²) < 4.78 is 1.79. The lowest BCUT2D eigenvalue weighted by atomic mass is 10.2. The molecule has 0 saturated heterocycles. The Morgan fingerprint density at radius 1 is 1.27 bits per heavy atom. The summed E-state index contributed by atoms with van der Waals surface area (Å²) >= 11 is 1.29. The molecule has 0 aromatic carbocycles. The molecule has 0 radical (unpaired) electrons. The van der Waals surface area contributed by atoms with Gasteiger partial charge in [-0.25, -0.2) is 9.97 Å². The maximum Gasteiger partial charge on any atom is 0.267 e. The molecule has 0 spiro atoms. The molecule has 0 atom stereocenters. The summed E-state index contributed by atoms with van der Waals surface area (Å²) in [5.74, 6) is 1.13. The van der Waals surface area contributed by atoms with Gasteiger partial charge < -0.3 is 5.32 Å². The summed E-state index contributed by atoms with van der Waals surface area (Å²) in [7, 11) is 0. The number of aryl methyl sites for hydroxylation is 3. The Labute approximate surface area is 154 Å². The molecular formula is C19H20N4O2S. The first-order valence-electron chi connectivity index (χ1n) is 8.82. The molecule has 6 nitrogen and oxygen atoms in total. The zero-order valence-corrected chi connectivity index (χ0v) is 15.7.